The van der Waals surface area contributed by atoms with Gasteiger partial charge in [-0.05, 0) is 63.1 Å². The zero-order valence-corrected chi connectivity index (χ0v) is 15.8. The van der Waals surface area contributed by atoms with Crippen LogP contribution in [0.15, 0.2) is 36.4 Å². The smallest absolute Gasteiger partial charge is 0.142 e. The number of hydrogen-bond acceptors (Lipinski definition) is 4. The van der Waals surface area contributed by atoms with Crippen molar-refractivity contribution in [2.24, 2.45) is 0 Å². The number of rotatable bonds is 0. The molecule has 0 spiro atoms. The highest BCUT2D eigenvalue weighted by Crippen LogP contribution is 2.33. The standard InChI is InChI=1S/C11H15NO.C10H13NO/c1-8-4-5-11-10(6-8)12(3)9(2)7-13-11;1-7-3-4-10-9(5-7)11-8(2)6-12-10/h4-6,9H,7H2,1-3H3;3-5,8,11H,6H2,1-2H3. The molecular formula is C21H28N2O2. The molecule has 2 aromatic rings. The monoisotopic (exact) mass is 340 g/mol. The summed E-state index contributed by atoms with van der Waals surface area (Å²) < 4.78 is 11.1. The molecule has 2 heterocycles. The van der Waals surface area contributed by atoms with Gasteiger partial charge in [0.15, 0.2) is 0 Å². The molecule has 2 aromatic carbocycles. The average molecular weight is 340 g/mol. The van der Waals surface area contributed by atoms with Gasteiger partial charge in [0, 0.05) is 7.05 Å². The molecule has 4 nitrogen and oxygen atoms in total. The Morgan fingerprint density at radius 2 is 1.56 bits per heavy atom. The van der Waals surface area contributed by atoms with Crippen LogP contribution in [-0.4, -0.2) is 32.3 Å². The molecule has 1 N–H and O–H groups in total. The number of likely N-dealkylation sites (N-methyl/N-ethyl adjacent to an activating group) is 1. The van der Waals surface area contributed by atoms with E-state index in [0.717, 1.165) is 30.4 Å². The molecule has 134 valence electrons. The van der Waals surface area contributed by atoms with Crippen molar-refractivity contribution >= 4 is 11.4 Å². The van der Waals surface area contributed by atoms with Gasteiger partial charge in [0.05, 0.1) is 23.5 Å². The van der Waals surface area contributed by atoms with Crippen LogP contribution < -0.4 is 19.7 Å². The SMILES string of the molecule is Cc1ccc2c(c1)N(C)C(C)CO2.Cc1ccc2c(c1)NC(C)CO2. The van der Waals surface area contributed by atoms with E-state index in [-0.39, 0.29) is 0 Å². The summed E-state index contributed by atoms with van der Waals surface area (Å²) >= 11 is 0. The fraction of sp³-hybridized carbons (Fsp3) is 0.429. The van der Waals surface area contributed by atoms with Crippen LogP contribution in [0.25, 0.3) is 0 Å². The predicted octanol–water partition coefficient (Wildman–Crippen LogP) is 4.40. The molecule has 0 fully saturated rings. The summed E-state index contributed by atoms with van der Waals surface area (Å²) in [4.78, 5) is 2.27. The second-order valence-electron chi connectivity index (χ2n) is 7.10. The lowest BCUT2D eigenvalue weighted by molar-refractivity contribution is 0.275. The van der Waals surface area contributed by atoms with Crippen LogP contribution in [0, 0.1) is 13.8 Å². The van der Waals surface area contributed by atoms with Gasteiger partial charge >= 0.3 is 0 Å². The molecule has 2 aliphatic heterocycles. The molecule has 0 aliphatic carbocycles. The van der Waals surface area contributed by atoms with Crippen molar-refractivity contribution in [3.8, 4) is 11.5 Å². The van der Waals surface area contributed by atoms with Crippen LogP contribution in [0.3, 0.4) is 0 Å². The largest absolute Gasteiger partial charge is 0.489 e. The van der Waals surface area contributed by atoms with Crippen molar-refractivity contribution in [3.05, 3.63) is 47.5 Å². The number of hydrogen-bond donors (Lipinski definition) is 1. The Balaban J connectivity index is 0.000000146. The minimum Gasteiger partial charge on any atom is -0.489 e. The molecule has 0 amide bonds. The molecule has 0 bridgehead atoms. The van der Waals surface area contributed by atoms with E-state index >= 15 is 0 Å². The lowest BCUT2D eigenvalue weighted by atomic mass is 10.1. The van der Waals surface area contributed by atoms with E-state index in [1.807, 2.05) is 12.1 Å². The predicted molar refractivity (Wildman–Crippen MR) is 104 cm³/mol. The Morgan fingerprint density at radius 1 is 0.920 bits per heavy atom. The fourth-order valence-electron chi connectivity index (χ4n) is 2.99. The first-order chi connectivity index (χ1) is 11.9. The van der Waals surface area contributed by atoms with Crippen LogP contribution >= 0.6 is 0 Å². The highest BCUT2D eigenvalue weighted by Gasteiger charge is 2.20. The minimum absolute atomic E-state index is 0.416. The summed E-state index contributed by atoms with van der Waals surface area (Å²) in [6, 6.07) is 13.4. The van der Waals surface area contributed by atoms with E-state index in [4.69, 9.17) is 9.47 Å². The minimum atomic E-state index is 0.416. The van der Waals surface area contributed by atoms with Gasteiger partial charge < -0.3 is 19.7 Å². The first-order valence-electron chi connectivity index (χ1n) is 8.90. The van der Waals surface area contributed by atoms with Crippen LogP contribution in [0.1, 0.15) is 25.0 Å². The van der Waals surface area contributed by atoms with E-state index in [9.17, 15) is 0 Å². The first-order valence-corrected chi connectivity index (χ1v) is 8.90. The lowest BCUT2D eigenvalue weighted by Gasteiger charge is -2.33. The van der Waals surface area contributed by atoms with Gasteiger partial charge in [-0.25, -0.2) is 0 Å². The normalized spacial score (nSPS) is 20.8. The summed E-state index contributed by atoms with van der Waals surface area (Å²) in [6.45, 7) is 10.0. The topological polar surface area (TPSA) is 33.7 Å². The maximum absolute atomic E-state index is 5.62. The molecule has 0 radical (unpaired) electrons. The van der Waals surface area contributed by atoms with Crippen LogP contribution in [-0.2, 0) is 0 Å². The van der Waals surface area contributed by atoms with Crippen molar-refractivity contribution in [1.29, 1.82) is 0 Å². The molecular weight excluding hydrogens is 312 g/mol. The van der Waals surface area contributed by atoms with E-state index in [2.05, 4.69) is 69.2 Å². The average Bonchev–Trinajstić information content (AvgIpc) is 2.59. The second-order valence-corrected chi connectivity index (χ2v) is 7.10. The molecule has 25 heavy (non-hydrogen) atoms. The first kappa shape index (κ1) is 17.5. The molecule has 0 saturated heterocycles. The molecule has 0 saturated carbocycles. The van der Waals surface area contributed by atoms with Gasteiger partial charge in [0.1, 0.15) is 24.7 Å². The number of nitrogens with zero attached hydrogens (tertiary/aromatic N) is 1. The third-order valence-electron chi connectivity index (χ3n) is 4.66. The van der Waals surface area contributed by atoms with Gasteiger partial charge in [-0.3, -0.25) is 0 Å². The molecule has 2 unspecified atom stereocenters. The van der Waals surface area contributed by atoms with Gasteiger partial charge in [-0.1, -0.05) is 12.1 Å². The third kappa shape index (κ3) is 4.01. The summed E-state index contributed by atoms with van der Waals surface area (Å²) in [5.74, 6) is 1.98. The van der Waals surface area contributed by atoms with Crippen molar-refractivity contribution in [1.82, 2.24) is 0 Å². The highest BCUT2D eigenvalue weighted by molar-refractivity contribution is 5.61. The maximum atomic E-state index is 5.62. The van der Waals surface area contributed by atoms with E-state index < -0.39 is 0 Å². The van der Waals surface area contributed by atoms with E-state index in [0.29, 0.717) is 12.1 Å². The summed E-state index contributed by atoms with van der Waals surface area (Å²) in [5, 5.41) is 3.38. The van der Waals surface area contributed by atoms with Gasteiger partial charge in [0.2, 0.25) is 0 Å². The Labute approximate surface area is 150 Å². The number of aryl methyl sites for hydroxylation is 2. The van der Waals surface area contributed by atoms with Crippen LogP contribution in [0.4, 0.5) is 11.4 Å². The summed E-state index contributed by atoms with van der Waals surface area (Å²) in [5.41, 5.74) is 4.87. The Kier molecular flexibility index (Phi) is 5.07. The Hall–Kier alpha value is -2.36. The molecule has 4 rings (SSSR count). The second kappa shape index (κ2) is 7.26. The molecule has 0 aromatic heterocycles. The zero-order valence-electron chi connectivity index (χ0n) is 15.8. The zero-order chi connectivity index (χ0) is 18.0. The number of ether oxygens (including phenoxy) is 2. The van der Waals surface area contributed by atoms with E-state index in [1.165, 1.54) is 16.8 Å². The van der Waals surface area contributed by atoms with Crippen molar-refractivity contribution < 1.29 is 9.47 Å². The Morgan fingerprint density at radius 3 is 2.32 bits per heavy atom. The Bertz CT molecular complexity index is 745. The van der Waals surface area contributed by atoms with Crippen molar-refractivity contribution in [2.75, 3.05) is 30.5 Å². The van der Waals surface area contributed by atoms with E-state index in [1.54, 1.807) is 0 Å². The number of benzene rings is 2. The summed E-state index contributed by atoms with van der Waals surface area (Å²) in [7, 11) is 2.12. The van der Waals surface area contributed by atoms with Gasteiger partial charge in [-0.15, -0.1) is 0 Å². The lowest BCUT2D eigenvalue weighted by Crippen LogP contribution is -2.37. The molecule has 4 heteroatoms. The van der Waals surface area contributed by atoms with Crippen molar-refractivity contribution in [3.63, 3.8) is 0 Å². The number of anilines is 2. The molecule has 2 atom stereocenters. The number of nitrogens with one attached hydrogen (secondary N) is 1. The van der Waals surface area contributed by atoms with Crippen LogP contribution in [0.5, 0.6) is 11.5 Å². The van der Waals surface area contributed by atoms with Crippen LogP contribution in [0.2, 0.25) is 0 Å². The third-order valence-corrected chi connectivity index (χ3v) is 4.66. The quantitative estimate of drug-likeness (QED) is 0.771. The maximum Gasteiger partial charge on any atom is 0.142 e. The van der Waals surface area contributed by atoms with Gasteiger partial charge in [-0.2, -0.15) is 0 Å². The number of fused-ring (bicyclic) bond motifs is 2. The fourth-order valence-corrected chi connectivity index (χ4v) is 2.99. The van der Waals surface area contributed by atoms with Gasteiger partial charge in [0.25, 0.3) is 0 Å². The molecule has 2 aliphatic rings. The van der Waals surface area contributed by atoms with Crippen molar-refractivity contribution in [2.45, 2.75) is 39.8 Å². The summed E-state index contributed by atoms with van der Waals surface area (Å²) in [6.07, 6.45) is 0. The highest BCUT2D eigenvalue weighted by atomic mass is 16.5.